The molecule has 2 aliphatic rings. The SMILES string of the molecule is O=S(=O)(NCC1CCSC1)c1ccsc1CNC1CC1. The van der Waals surface area contributed by atoms with Crippen molar-refractivity contribution in [3.63, 3.8) is 0 Å². The quantitative estimate of drug-likeness (QED) is 0.802. The van der Waals surface area contributed by atoms with Crippen LogP contribution in [0.5, 0.6) is 0 Å². The van der Waals surface area contributed by atoms with Crippen molar-refractivity contribution < 1.29 is 8.42 Å². The molecule has 2 heterocycles. The first kappa shape index (κ1) is 14.8. The van der Waals surface area contributed by atoms with Crippen LogP contribution in [0.2, 0.25) is 0 Å². The van der Waals surface area contributed by atoms with Crippen molar-refractivity contribution >= 4 is 33.1 Å². The van der Waals surface area contributed by atoms with Gasteiger partial charge in [-0.15, -0.1) is 11.3 Å². The molecule has 4 nitrogen and oxygen atoms in total. The summed E-state index contributed by atoms with van der Waals surface area (Å²) < 4.78 is 27.6. The Bertz CT molecular complexity index is 546. The lowest BCUT2D eigenvalue weighted by atomic mass is 10.1. The lowest BCUT2D eigenvalue weighted by molar-refractivity contribution is 0.545. The second kappa shape index (κ2) is 6.36. The molecule has 20 heavy (non-hydrogen) atoms. The summed E-state index contributed by atoms with van der Waals surface area (Å²) in [4.78, 5) is 1.38. The summed E-state index contributed by atoms with van der Waals surface area (Å²) in [5.74, 6) is 2.71. The number of thioether (sulfide) groups is 1. The van der Waals surface area contributed by atoms with Crippen LogP contribution in [0.25, 0.3) is 0 Å². The molecule has 1 aromatic rings. The van der Waals surface area contributed by atoms with Gasteiger partial charge in [0.05, 0.1) is 4.90 Å². The monoisotopic (exact) mass is 332 g/mol. The first-order valence-corrected chi connectivity index (χ1v) is 10.5. The minimum atomic E-state index is -3.35. The first-order valence-electron chi connectivity index (χ1n) is 7.02. The van der Waals surface area contributed by atoms with Gasteiger partial charge in [0.25, 0.3) is 0 Å². The summed E-state index contributed by atoms with van der Waals surface area (Å²) in [5, 5.41) is 5.25. The Labute approximate surface area is 128 Å². The van der Waals surface area contributed by atoms with Crippen molar-refractivity contribution in [2.45, 2.75) is 36.7 Å². The number of nitrogens with one attached hydrogen (secondary N) is 2. The molecule has 0 aromatic carbocycles. The van der Waals surface area contributed by atoms with E-state index in [1.54, 1.807) is 6.07 Å². The van der Waals surface area contributed by atoms with Crippen LogP contribution in [0.4, 0.5) is 0 Å². The number of hydrogen-bond donors (Lipinski definition) is 2. The highest BCUT2D eigenvalue weighted by Gasteiger charge is 2.25. The lowest BCUT2D eigenvalue weighted by Gasteiger charge is -2.11. The van der Waals surface area contributed by atoms with E-state index < -0.39 is 10.0 Å². The zero-order valence-corrected chi connectivity index (χ0v) is 13.7. The highest BCUT2D eigenvalue weighted by Crippen LogP contribution is 2.26. The van der Waals surface area contributed by atoms with Crippen molar-refractivity contribution in [1.29, 1.82) is 0 Å². The largest absolute Gasteiger partial charge is 0.309 e. The molecule has 0 spiro atoms. The highest BCUT2D eigenvalue weighted by atomic mass is 32.2. The molecule has 1 unspecified atom stereocenters. The minimum Gasteiger partial charge on any atom is -0.309 e. The maximum absolute atomic E-state index is 12.4. The van der Waals surface area contributed by atoms with Crippen LogP contribution in [0.3, 0.4) is 0 Å². The Morgan fingerprint density at radius 3 is 2.85 bits per heavy atom. The summed E-state index contributed by atoms with van der Waals surface area (Å²) in [5.41, 5.74) is 0. The van der Waals surface area contributed by atoms with E-state index in [2.05, 4.69) is 10.0 Å². The van der Waals surface area contributed by atoms with Crippen LogP contribution in [-0.4, -0.2) is 32.5 Å². The molecule has 112 valence electrons. The van der Waals surface area contributed by atoms with Gasteiger partial charge in [-0.2, -0.15) is 11.8 Å². The molecule has 1 aliphatic carbocycles. The maximum Gasteiger partial charge on any atom is 0.241 e. The van der Waals surface area contributed by atoms with Gasteiger partial charge in [0.1, 0.15) is 0 Å². The number of hydrogen-bond acceptors (Lipinski definition) is 5. The van der Waals surface area contributed by atoms with Crippen molar-refractivity contribution in [2.24, 2.45) is 5.92 Å². The third-order valence-corrected chi connectivity index (χ3v) is 7.50. The van der Waals surface area contributed by atoms with Crippen molar-refractivity contribution in [1.82, 2.24) is 10.0 Å². The van der Waals surface area contributed by atoms with E-state index in [0.717, 1.165) is 22.8 Å². The number of rotatable bonds is 7. The third-order valence-electron chi connectivity index (χ3n) is 3.71. The molecule has 1 aromatic heterocycles. The fraction of sp³-hybridized carbons (Fsp3) is 0.692. The van der Waals surface area contributed by atoms with Gasteiger partial charge in [-0.05, 0) is 48.1 Å². The van der Waals surface area contributed by atoms with E-state index in [9.17, 15) is 8.42 Å². The van der Waals surface area contributed by atoms with Gasteiger partial charge in [-0.25, -0.2) is 13.1 Å². The second-order valence-corrected chi connectivity index (χ2v) is 9.33. The van der Waals surface area contributed by atoms with Crippen molar-refractivity contribution in [3.8, 4) is 0 Å². The number of sulfonamides is 1. The summed E-state index contributed by atoms with van der Waals surface area (Å²) in [6.45, 7) is 1.23. The van der Waals surface area contributed by atoms with Crippen molar-refractivity contribution in [3.05, 3.63) is 16.3 Å². The maximum atomic E-state index is 12.4. The average molecular weight is 333 g/mol. The van der Waals surface area contributed by atoms with Crippen molar-refractivity contribution in [2.75, 3.05) is 18.1 Å². The average Bonchev–Trinajstić information content (AvgIpc) is 2.94. The van der Waals surface area contributed by atoms with Crippen LogP contribution in [-0.2, 0) is 16.6 Å². The number of thiophene rings is 1. The van der Waals surface area contributed by atoms with Gasteiger partial charge >= 0.3 is 0 Å². The summed E-state index contributed by atoms with van der Waals surface area (Å²) in [6, 6.07) is 2.32. The predicted molar refractivity (Wildman–Crippen MR) is 84.8 cm³/mol. The van der Waals surface area contributed by atoms with Gasteiger partial charge in [0, 0.05) is 24.0 Å². The molecule has 1 aliphatic heterocycles. The normalized spacial score (nSPS) is 23.3. The van der Waals surface area contributed by atoms with Crippen LogP contribution < -0.4 is 10.0 Å². The predicted octanol–water partition coefficient (Wildman–Crippen LogP) is 2.03. The summed E-state index contributed by atoms with van der Waals surface area (Å²) >= 11 is 3.43. The molecule has 0 amide bonds. The molecule has 2 N–H and O–H groups in total. The smallest absolute Gasteiger partial charge is 0.241 e. The topological polar surface area (TPSA) is 58.2 Å². The lowest BCUT2D eigenvalue weighted by Crippen LogP contribution is -2.30. The van der Waals surface area contributed by atoms with E-state index >= 15 is 0 Å². The molecule has 3 rings (SSSR count). The van der Waals surface area contributed by atoms with Crippen LogP contribution in [0.15, 0.2) is 16.3 Å². The second-order valence-electron chi connectivity index (χ2n) is 5.44. The summed E-state index contributed by atoms with van der Waals surface area (Å²) in [7, 11) is -3.35. The Hall–Kier alpha value is -0.0800. The molecule has 0 radical (unpaired) electrons. The zero-order chi connectivity index (χ0) is 14.0. The Morgan fingerprint density at radius 1 is 1.30 bits per heavy atom. The third kappa shape index (κ3) is 3.76. The van der Waals surface area contributed by atoms with Gasteiger partial charge in [0.2, 0.25) is 10.0 Å². The summed E-state index contributed by atoms with van der Waals surface area (Å²) in [6.07, 6.45) is 3.54. The van der Waals surface area contributed by atoms with Crippen LogP contribution >= 0.6 is 23.1 Å². The van der Waals surface area contributed by atoms with E-state index in [-0.39, 0.29) is 0 Å². The van der Waals surface area contributed by atoms with E-state index in [1.165, 1.54) is 24.2 Å². The Kier molecular flexibility index (Phi) is 4.72. The van der Waals surface area contributed by atoms with E-state index in [0.29, 0.717) is 29.9 Å². The standard InChI is InChI=1S/C13H20N2O2S3/c16-20(17,15-7-10-3-5-18-9-10)13-4-6-19-12(13)8-14-11-1-2-11/h4,6,10-11,14-15H,1-3,5,7-9H2. The van der Waals surface area contributed by atoms with Gasteiger partial charge in [-0.3, -0.25) is 0 Å². The van der Waals surface area contributed by atoms with Gasteiger partial charge in [0.15, 0.2) is 0 Å². The first-order chi connectivity index (χ1) is 9.65. The molecule has 1 atom stereocenters. The van der Waals surface area contributed by atoms with Gasteiger partial charge in [-0.1, -0.05) is 0 Å². The Morgan fingerprint density at radius 2 is 2.15 bits per heavy atom. The van der Waals surface area contributed by atoms with Crippen LogP contribution in [0, 0.1) is 5.92 Å². The molecule has 0 bridgehead atoms. The minimum absolute atomic E-state index is 0.460. The highest BCUT2D eigenvalue weighted by molar-refractivity contribution is 7.99. The molecule has 7 heteroatoms. The molecule has 1 saturated heterocycles. The molecule has 2 fully saturated rings. The fourth-order valence-electron chi connectivity index (χ4n) is 2.27. The molecule has 1 saturated carbocycles. The van der Waals surface area contributed by atoms with Gasteiger partial charge < -0.3 is 5.32 Å². The van der Waals surface area contributed by atoms with Crippen LogP contribution in [0.1, 0.15) is 24.1 Å². The molecular formula is C13H20N2O2S3. The Balaban J connectivity index is 1.61. The zero-order valence-electron chi connectivity index (χ0n) is 11.3. The van der Waals surface area contributed by atoms with E-state index in [1.807, 2.05) is 17.1 Å². The fourth-order valence-corrected chi connectivity index (χ4v) is 6.06. The molecular weight excluding hydrogens is 312 g/mol. The van der Waals surface area contributed by atoms with E-state index in [4.69, 9.17) is 0 Å².